The van der Waals surface area contributed by atoms with Gasteiger partial charge < -0.3 is 19.2 Å². The smallest absolute Gasteiger partial charge is 0.203 e. The predicted octanol–water partition coefficient (Wildman–Crippen LogP) is 12.1. The van der Waals surface area contributed by atoms with Gasteiger partial charge in [0.25, 0.3) is 0 Å². The lowest BCUT2D eigenvalue weighted by atomic mass is 9.90. The number of hydrogen-bond donors (Lipinski definition) is 1. The molecule has 4 rings (SSSR count). The molecule has 0 aromatic heterocycles. The third kappa shape index (κ3) is 13.2. The van der Waals surface area contributed by atoms with Crippen LogP contribution in [0, 0.1) is 0 Å². The molecule has 1 unspecified atom stereocenters. The number of hydrogen-bond acceptors (Lipinski definition) is 5. The van der Waals surface area contributed by atoms with E-state index in [-0.39, 0.29) is 0 Å². The van der Waals surface area contributed by atoms with Gasteiger partial charge >= 0.3 is 0 Å². The van der Waals surface area contributed by atoms with Crippen LogP contribution in [0.15, 0.2) is 65.1 Å². The zero-order valence-electron chi connectivity index (χ0n) is 35.7. The molecule has 0 amide bonds. The number of fused-ring (bicyclic) bond motifs is 2. The van der Waals surface area contributed by atoms with Crippen molar-refractivity contribution in [1.29, 1.82) is 0 Å². The molecule has 0 radical (unpaired) electrons. The van der Waals surface area contributed by atoms with Gasteiger partial charge in [-0.05, 0) is 57.9 Å². The molecule has 6 heteroatoms. The summed E-state index contributed by atoms with van der Waals surface area (Å²) in [6.07, 6.45) is 20.9. The monoisotopic (exact) mass is 755 g/mol. The highest BCUT2D eigenvalue weighted by Crippen LogP contribution is 2.43. The number of ether oxygens (including phenoxy) is 1. The van der Waals surface area contributed by atoms with Gasteiger partial charge in [-0.2, -0.15) is 0 Å². The van der Waals surface area contributed by atoms with Crippen molar-refractivity contribution in [2.75, 3.05) is 57.9 Å². The minimum Gasteiger partial charge on any atom is -0.456 e. The molecule has 304 valence electrons. The van der Waals surface area contributed by atoms with Gasteiger partial charge in [0.1, 0.15) is 30.7 Å². The van der Waals surface area contributed by atoms with E-state index in [9.17, 15) is 5.11 Å². The summed E-state index contributed by atoms with van der Waals surface area (Å²) < 4.78 is 14.7. The standard InChI is InChI=1S/C49H76N3O3/c1-7-12-13-14-15-16-17-18-19-20-21-22-23-24-25-28-35-52(36-37-54-6)49(53)43-30-27-26-29-42(43)48-44-33-31-40(50(8-2)9-3)38-46(44)55-47-39-41(32-34-45(47)48)51(10-4)11-5/h26-27,29-34,38-39,49,53H,7-25,28,35-37H2,1-6H3/q+1. The topological polar surface area (TPSA) is 52.1 Å². The van der Waals surface area contributed by atoms with Crippen molar-refractivity contribution in [1.82, 2.24) is 9.48 Å². The predicted molar refractivity (Wildman–Crippen MR) is 236 cm³/mol. The van der Waals surface area contributed by atoms with Crippen molar-refractivity contribution in [3.05, 3.63) is 71.6 Å². The minimum absolute atomic E-state index is 0.580. The molecule has 0 saturated heterocycles. The largest absolute Gasteiger partial charge is 0.456 e. The summed E-state index contributed by atoms with van der Waals surface area (Å²) in [6, 6.07) is 21.7. The van der Waals surface area contributed by atoms with E-state index in [2.05, 4.69) is 110 Å². The van der Waals surface area contributed by atoms with Crippen LogP contribution in [0.5, 0.6) is 0 Å². The van der Waals surface area contributed by atoms with Crippen molar-refractivity contribution in [2.24, 2.45) is 0 Å². The first-order valence-electron chi connectivity index (χ1n) is 22.3. The van der Waals surface area contributed by atoms with E-state index >= 15 is 0 Å². The SMILES string of the molecule is CCCCCCCCCCCCCCCCCCN(CCOC)C(O)c1ccccc1-c1c2ccc(=[N+](CC)CC)cc-2oc2cc(N(CC)CC)ccc12. The molecule has 1 N–H and O–H groups in total. The lowest BCUT2D eigenvalue weighted by molar-refractivity contribution is -0.0125. The molecular formula is C49H76N3O3+. The third-order valence-electron chi connectivity index (χ3n) is 11.7. The van der Waals surface area contributed by atoms with Crippen molar-refractivity contribution >= 4 is 16.7 Å². The summed E-state index contributed by atoms with van der Waals surface area (Å²) >= 11 is 0. The molecule has 0 bridgehead atoms. The van der Waals surface area contributed by atoms with E-state index in [0.717, 1.165) is 89.2 Å². The Kier molecular flexibility index (Phi) is 20.4. The third-order valence-corrected chi connectivity index (χ3v) is 11.7. The van der Waals surface area contributed by atoms with Gasteiger partial charge in [0.05, 0.1) is 12.7 Å². The molecule has 2 aromatic carbocycles. The maximum Gasteiger partial charge on any atom is 0.203 e. The summed E-state index contributed by atoms with van der Waals surface area (Å²) in [5.41, 5.74) is 6.14. The van der Waals surface area contributed by atoms with Crippen LogP contribution in [0.4, 0.5) is 5.69 Å². The zero-order valence-corrected chi connectivity index (χ0v) is 35.7. The van der Waals surface area contributed by atoms with Gasteiger partial charge in [0, 0.05) is 73.2 Å². The highest BCUT2D eigenvalue weighted by molar-refractivity contribution is 6.03. The second-order valence-electron chi connectivity index (χ2n) is 15.5. The van der Waals surface area contributed by atoms with Crippen molar-refractivity contribution in [3.8, 4) is 22.5 Å². The molecule has 6 nitrogen and oxygen atoms in total. The molecule has 0 spiro atoms. The number of unbranched alkanes of at least 4 members (excludes halogenated alkanes) is 15. The molecule has 1 heterocycles. The van der Waals surface area contributed by atoms with E-state index in [1.54, 1.807) is 7.11 Å². The van der Waals surface area contributed by atoms with Gasteiger partial charge in [-0.3, -0.25) is 4.90 Å². The Morgan fingerprint density at radius 3 is 1.84 bits per heavy atom. The van der Waals surface area contributed by atoms with Crippen LogP contribution in [0.3, 0.4) is 0 Å². The highest BCUT2D eigenvalue weighted by atomic mass is 16.5. The van der Waals surface area contributed by atoms with Crippen molar-refractivity contribution in [3.63, 3.8) is 0 Å². The van der Waals surface area contributed by atoms with Crippen molar-refractivity contribution < 1.29 is 14.3 Å². The molecule has 0 saturated carbocycles. The Balaban J connectivity index is 1.48. The van der Waals surface area contributed by atoms with Crippen LogP contribution < -0.4 is 14.8 Å². The minimum atomic E-state index is -0.755. The first kappa shape index (κ1) is 44.5. The quantitative estimate of drug-likeness (QED) is 0.0271. The Morgan fingerprint density at radius 1 is 0.655 bits per heavy atom. The second-order valence-corrected chi connectivity index (χ2v) is 15.5. The number of aliphatic hydroxyl groups excluding tert-OH is 1. The number of anilines is 1. The van der Waals surface area contributed by atoms with Crippen LogP contribution in [-0.2, 0) is 4.74 Å². The Labute approximate surface area is 334 Å². The van der Waals surface area contributed by atoms with E-state index in [0.29, 0.717) is 13.2 Å². The number of methoxy groups -OCH3 is 1. The van der Waals surface area contributed by atoms with Gasteiger partial charge in [-0.25, -0.2) is 4.58 Å². The fourth-order valence-electron chi connectivity index (χ4n) is 8.30. The van der Waals surface area contributed by atoms with Crippen molar-refractivity contribution in [2.45, 2.75) is 144 Å². The van der Waals surface area contributed by atoms with E-state index in [1.165, 1.54) is 96.3 Å². The van der Waals surface area contributed by atoms with Crippen LogP contribution in [0.1, 0.15) is 149 Å². The molecule has 0 fully saturated rings. The number of aliphatic hydroxyl groups is 1. The normalized spacial score (nSPS) is 12.3. The molecular weight excluding hydrogens is 679 g/mol. The van der Waals surface area contributed by atoms with E-state index in [4.69, 9.17) is 9.15 Å². The molecule has 1 atom stereocenters. The summed E-state index contributed by atoms with van der Waals surface area (Å²) in [5.74, 6) is 0.859. The molecule has 55 heavy (non-hydrogen) atoms. The Hall–Kier alpha value is -3.19. The summed E-state index contributed by atoms with van der Waals surface area (Å²) in [5, 5.41) is 14.4. The maximum absolute atomic E-state index is 12.2. The second kappa shape index (κ2) is 25.1. The van der Waals surface area contributed by atoms with Gasteiger partial charge in [-0.1, -0.05) is 128 Å². The fraction of sp³-hybridized carbons (Fsp3) is 0.612. The van der Waals surface area contributed by atoms with E-state index in [1.807, 2.05) is 0 Å². The van der Waals surface area contributed by atoms with Gasteiger partial charge in [-0.15, -0.1) is 0 Å². The van der Waals surface area contributed by atoms with Crippen LogP contribution >= 0.6 is 0 Å². The summed E-state index contributed by atoms with van der Waals surface area (Å²) in [7, 11) is 1.75. The van der Waals surface area contributed by atoms with Gasteiger partial charge in [0.2, 0.25) is 5.36 Å². The number of nitrogens with zero attached hydrogens (tertiary/aromatic N) is 3. The first-order valence-corrected chi connectivity index (χ1v) is 22.3. The maximum atomic E-state index is 12.2. The number of rotatable bonds is 28. The zero-order chi connectivity index (χ0) is 39.3. The molecule has 2 aliphatic rings. The lowest BCUT2D eigenvalue weighted by Crippen LogP contribution is -2.33. The lowest BCUT2D eigenvalue weighted by Gasteiger charge is -2.30. The first-order chi connectivity index (χ1) is 27.0. The highest BCUT2D eigenvalue weighted by Gasteiger charge is 2.25. The Bertz CT molecular complexity index is 1690. The van der Waals surface area contributed by atoms with Crippen LogP contribution in [0.2, 0.25) is 0 Å². The molecule has 1 aliphatic carbocycles. The average molecular weight is 755 g/mol. The van der Waals surface area contributed by atoms with Gasteiger partial charge in [0.15, 0.2) is 0 Å². The summed E-state index contributed by atoms with van der Waals surface area (Å²) in [4.78, 5) is 4.57. The Morgan fingerprint density at radius 2 is 1.25 bits per heavy atom. The number of benzene rings is 3. The molecule has 1 aliphatic heterocycles. The van der Waals surface area contributed by atoms with Crippen LogP contribution in [0.25, 0.3) is 33.4 Å². The van der Waals surface area contributed by atoms with E-state index < -0.39 is 6.23 Å². The molecule has 2 aromatic rings. The fourth-order valence-corrected chi connectivity index (χ4v) is 8.30. The summed E-state index contributed by atoms with van der Waals surface area (Å²) in [6.45, 7) is 16.9. The van der Waals surface area contributed by atoms with Crippen LogP contribution in [-0.4, -0.2) is 63.0 Å². The average Bonchev–Trinajstić information content (AvgIpc) is 3.21.